The van der Waals surface area contributed by atoms with Gasteiger partial charge < -0.3 is 13.6 Å². The molecule has 0 N–H and O–H groups in total. The number of hydrogen-bond acceptors (Lipinski definition) is 5. The molecule has 0 aliphatic carbocycles. The van der Waals surface area contributed by atoms with Crippen LogP contribution in [0.4, 0.5) is 0 Å². The Morgan fingerprint density at radius 3 is 1.49 bits per heavy atom. The first-order chi connectivity index (χ1) is 32.2. The van der Waals surface area contributed by atoms with Gasteiger partial charge in [-0.2, -0.15) is 5.26 Å². The average Bonchev–Trinajstić information content (AvgIpc) is 4.04. The highest BCUT2D eigenvalue weighted by Crippen LogP contribution is 2.46. The first kappa shape index (κ1) is 36.5. The quantitative estimate of drug-likeness (QED) is 0.167. The maximum atomic E-state index is 11.0. The second-order valence-corrected chi connectivity index (χ2v) is 16.3. The molecule has 0 aliphatic heterocycles. The van der Waals surface area contributed by atoms with Crippen molar-refractivity contribution in [3.05, 3.63) is 212 Å². The molecule has 0 aliphatic rings. The Bertz CT molecular complexity index is 4070. The van der Waals surface area contributed by atoms with Crippen LogP contribution in [-0.2, 0) is 0 Å². The van der Waals surface area contributed by atoms with Crippen molar-refractivity contribution in [2.45, 2.75) is 0 Å². The lowest BCUT2D eigenvalue weighted by atomic mass is 10.0. The lowest BCUT2D eigenvalue weighted by Crippen LogP contribution is -2.02. The summed E-state index contributed by atoms with van der Waals surface area (Å²) in [6.45, 7) is 0. The fraction of sp³-hybridized carbons (Fsp3) is 0. The van der Waals surface area contributed by atoms with Gasteiger partial charge in [-0.25, -0.2) is 15.0 Å². The minimum Gasteiger partial charge on any atom is -0.456 e. The van der Waals surface area contributed by atoms with E-state index >= 15 is 0 Å². The summed E-state index contributed by atoms with van der Waals surface area (Å²) in [4.78, 5) is 15.1. The van der Waals surface area contributed by atoms with Crippen LogP contribution in [0.25, 0.3) is 122 Å². The van der Waals surface area contributed by atoms with Crippen LogP contribution in [0.2, 0.25) is 0 Å². The molecule has 0 saturated carbocycles. The summed E-state index contributed by atoms with van der Waals surface area (Å²) in [6, 6.07) is 73.0. The summed E-state index contributed by atoms with van der Waals surface area (Å²) < 4.78 is 11.3. The molecule has 0 unspecified atom stereocenters. The number of nitriles is 1. The minimum absolute atomic E-state index is 0.481. The highest BCUT2D eigenvalue weighted by atomic mass is 16.3. The summed E-state index contributed by atoms with van der Waals surface area (Å²) in [5.74, 6) is 1.58. The van der Waals surface area contributed by atoms with Crippen LogP contribution in [0.5, 0.6) is 0 Å². The van der Waals surface area contributed by atoms with Crippen molar-refractivity contribution in [2.75, 3.05) is 0 Å². The zero-order valence-corrected chi connectivity index (χ0v) is 34.7. The number of nitrogens with zero attached hydrogens (tertiary/aromatic N) is 6. The fourth-order valence-corrected chi connectivity index (χ4v) is 9.76. The Labute approximate surface area is 372 Å². The molecule has 0 radical (unpaired) electrons. The molecule has 0 saturated heterocycles. The largest absolute Gasteiger partial charge is 0.456 e. The SMILES string of the molecule is N#Cc1cc(-c2nc(-c3ccccc3)nc(-c3cccc(-c4ccccc4)c3)n2)ccc1-n1c2ccccc2c2c3c(ccc21)oc1ccc2c(c4ccccc4n2-c2ccccc2)c13. The number of aromatic nitrogens is 5. The van der Waals surface area contributed by atoms with Gasteiger partial charge in [-0.1, -0.05) is 133 Å². The van der Waals surface area contributed by atoms with Crippen LogP contribution in [0.1, 0.15) is 5.56 Å². The van der Waals surface area contributed by atoms with E-state index in [9.17, 15) is 5.26 Å². The number of fused-ring (bicyclic) bond motifs is 11. The van der Waals surface area contributed by atoms with Gasteiger partial charge in [0.05, 0.1) is 33.3 Å². The van der Waals surface area contributed by atoms with Gasteiger partial charge >= 0.3 is 0 Å². The van der Waals surface area contributed by atoms with Crippen LogP contribution in [0.3, 0.4) is 0 Å². The Hall–Kier alpha value is -9.12. The van der Waals surface area contributed by atoms with E-state index in [4.69, 9.17) is 19.4 Å². The third-order valence-electron chi connectivity index (χ3n) is 12.6. The van der Waals surface area contributed by atoms with Crippen LogP contribution in [-0.4, -0.2) is 24.1 Å². The molecule has 4 aromatic heterocycles. The molecular formula is C58H34N6O. The van der Waals surface area contributed by atoms with Crippen LogP contribution < -0.4 is 0 Å². The van der Waals surface area contributed by atoms with Gasteiger partial charge in [0.25, 0.3) is 0 Å². The predicted octanol–water partition coefficient (Wildman–Crippen LogP) is 14.5. The highest BCUT2D eigenvalue weighted by Gasteiger charge is 2.24. The van der Waals surface area contributed by atoms with Crippen LogP contribution in [0, 0.1) is 11.3 Å². The predicted molar refractivity (Wildman–Crippen MR) is 262 cm³/mol. The molecule has 0 bridgehead atoms. The molecule has 9 aromatic carbocycles. The van der Waals surface area contributed by atoms with Crippen molar-refractivity contribution in [2.24, 2.45) is 0 Å². The van der Waals surface area contributed by atoms with Gasteiger partial charge in [-0.15, -0.1) is 0 Å². The minimum atomic E-state index is 0.481. The first-order valence-corrected chi connectivity index (χ1v) is 21.6. The summed E-state index contributed by atoms with van der Waals surface area (Å²) in [5.41, 5.74) is 12.8. The molecule has 13 aromatic rings. The monoisotopic (exact) mass is 830 g/mol. The molecule has 0 atom stereocenters. The maximum absolute atomic E-state index is 11.0. The third kappa shape index (κ3) is 5.71. The van der Waals surface area contributed by atoms with E-state index in [1.54, 1.807) is 0 Å². The van der Waals surface area contributed by atoms with Gasteiger partial charge in [-0.05, 0) is 83.9 Å². The molecule has 0 fully saturated rings. The summed E-state index contributed by atoms with van der Waals surface area (Å²) in [6.07, 6.45) is 0. The second kappa shape index (κ2) is 14.5. The van der Waals surface area contributed by atoms with E-state index in [0.717, 1.165) is 99.2 Å². The van der Waals surface area contributed by atoms with Crippen molar-refractivity contribution in [1.82, 2.24) is 24.1 Å². The zero-order valence-electron chi connectivity index (χ0n) is 34.7. The maximum Gasteiger partial charge on any atom is 0.164 e. The standard InChI is InChI=1S/C58H34N6O/c59-35-41-34-40(58-61-56(37-17-6-2-7-18-37)60-57(62-58)39-20-14-19-38(33-39)36-15-4-1-5-16-36)27-28-45(41)64-47-26-13-11-24-44(47)53-49(64)30-32-51-55(53)54-50(65-51)31-29-48-52(54)43-23-10-12-25-46(43)63(48)42-21-8-3-9-22-42/h1-34H. The van der Waals surface area contributed by atoms with Crippen LogP contribution in [0.15, 0.2) is 211 Å². The molecule has 0 spiro atoms. The lowest BCUT2D eigenvalue weighted by molar-refractivity contribution is 0.669. The molecule has 65 heavy (non-hydrogen) atoms. The zero-order chi connectivity index (χ0) is 43.0. The van der Waals surface area contributed by atoms with Crippen molar-refractivity contribution < 1.29 is 4.42 Å². The number of furan rings is 1. The Morgan fingerprint density at radius 2 is 0.862 bits per heavy atom. The number of benzene rings is 9. The number of hydrogen-bond donors (Lipinski definition) is 0. The van der Waals surface area contributed by atoms with Crippen molar-refractivity contribution in [1.29, 1.82) is 5.26 Å². The third-order valence-corrected chi connectivity index (χ3v) is 12.6. The van der Waals surface area contributed by atoms with Crippen LogP contribution >= 0.6 is 0 Å². The second-order valence-electron chi connectivity index (χ2n) is 16.3. The molecule has 7 heteroatoms. The number of para-hydroxylation sites is 3. The fourth-order valence-electron chi connectivity index (χ4n) is 9.76. The van der Waals surface area contributed by atoms with Gasteiger partial charge in [0.2, 0.25) is 0 Å². The van der Waals surface area contributed by atoms with E-state index in [1.165, 1.54) is 0 Å². The normalized spacial score (nSPS) is 11.7. The molecule has 302 valence electrons. The molecular weight excluding hydrogens is 797 g/mol. The average molecular weight is 831 g/mol. The molecule has 13 rings (SSSR count). The van der Waals surface area contributed by atoms with E-state index in [0.29, 0.717) is 28.6 Å². The van der Waals surface area contributed by atoms with Gasteiger partial charge in [-0.3, -0.25) is 0 Å². The van der Waals surface area contributed by atoms with Gasteiger partial charge in [0.15, 0.2) is 17.5 Å². The van der Waals surface area contributed by atoms with E-state index in [-0.39, 0.29) is 0 Å². The van der Waals surface area contributed by atoms with Gasteiger partial charge in [0, 0.05) is 54.7 Å². The molecule has 7 nitrogen and oxygen atoms in total. The van der Waals surface area contributed by atoms with E-state index < -0.39 is 0 Å². The molecule has 0 amide bonds. The first-order valence-electron chi connectivity index (χ1n) is 21.6. The number of rotatable bonds is 6. The topological polar surface area (TPSA) is 85.5 Å². The van der Waals surface area contributed by atoms with Crippen molar-refractivity contribution in [3.63, 3.8) is 0 Å². The molecule has 4 heterocycles. The summed E-state index contributed by atoms with van der Waals surface area (Å²) >= 11 is 0. The van der Waals surface area contributed by atoms with Crippen molar-refractivity contribution >= 4 is 65.6 Å². The summed E-state index contributed by atoms with van der Waals surface area (Å²) in [7, 11) is 0. The van der Waals surface area contributed by atoms with E-state index in [2.05, 4.69) is 143 Å². The highest BCUT2D eigenvalue weighted by molar-refractivity contribution is 6.35. The Morgan fingerprint density at radius 1 is 0.369 bits per heavy atom. The summed E-state index contributed by atoms with van der Waals surface area (Å²) in [5, 5.41) is 17.6. The Balaban J connectivity index is 1.02. The van der Waals surface area contributed by atoms with Crippen molar-refractivity contribution in [3.8, 4) is 62.7 Å². The van der Waals surface area contributed by atoms with Gasteiger partial charge in [0.1, 0.15) is 17.2 Å². The van der Waals surface area contributed by atoms with E-state index in [1.807, 2.05) is 78.9 Å². The smallest absolute Gasteiger partial charge is 0.164 e. The Kier molecular flexibility index (Phi) is 8.14. The lowest BCUT2D eigenvalue weighted by Gasteiger charge is -2.13.